The van der Waals surface area contributed by atoms with Crippen molar-refractivity contribution < 1.29 is 9.90 Å². The van der Waals surface area contributed by atoms with Gasteiger partial charge in [-0.05, 0) is 26.7 Å². The maximum atomic E-state index is 11.4. The van der Waals surface area contributed by atoms with E-state index in [0.29, 0.717) is 6.54 Å². The van der Waals surface area contributed by atoms with E-state index in [2.05, 4.69) is 5.32 Å². The van der Waals surface area contributed by atoms with Gasteiger partial charge < -0.3 is 10.4 Å². The first kappa shape index (κ1) is 13.2. The lowest BCUT2D eigenvalue weighted by atomic mass is 9.94. The van der Waals surface area contributed by atoms with Gasteiger partial charge >= 0.3 is 0 Å². The summed E-state index contributed by atoms with van der Waals surface area (Å²) in [5, 5.41) is 13.1. The summed E-state index contributed by atoms with van der Waals surface area (Å²) in [5.41, 5.74) is 0.298. The molecule has 0 atom stereocenters. The molecule has 1 aliphatic carbocycles. The Bertz CT molecular complexity index is 259. The molecule has 1 amide bonds. The van der Waals surface area contributed by atoms with Crippen LogP contribution in [0.15, 0.2) is 11.6 Å². The van der Waals surface area contributed by atoms with E-state index in [4.69, 9.17) is 0 Å². The quantitative estimate of drug-likeness (QED) is 0.571. The summed E-state index contributed by atoms with van der Waals surface area (Å²) in [6.45, 7) is 4.16. The van der Waals surface area contributed by atoms with Gasteiger partial charge in [-0.1, -0.05) is 31.3 Å². The molecule has 1 fully saturated rings. The lowest BCUT2D eigenvalue weighted by molar-refractivity contribution is -0.117. The highest BCUT2D eigenvalue weighted by atomic mass is 16.3. The van der Waals surface area contributed by atoms with Crippen molar-refractivity contribution in [3.63, 3.8) is 0 Å². The van der Waals surface area contributed by atoms with Crippen LogP contribution in [0.25, 0.3) is 0 Å². The summed E-state index contributed by atoms with van der Waals surface area (Å²) in [6.07, 6.45) is 7.71. The minimum absolute atomic E-state index is 0.0994. The van der Waals surface area contributed by atoms with Crippen molar-refractivity contribution in [2.45, 2.75) is 58.0 Å². The fourth-order valence-corrected chi connectivity index (χ4v) is 2.13. The van der Waals surface area contributed by atoms with Gasteiger partial charge in [-0.25, -0.2) is 0 Å². The number of hydrogen-bond donors (Lipinski definition) is 2. The van der Waals surface area contributed by atoms with Crippen LogP contribution >= 0.6 is 0 Å². The Morgan fingerprint density at radius 1 is 1.25 bits per heavy atom. The second-order valence-electron chi connectivity index (χ2n) is 5.08. The lowest BCUT2D eigenvalue weighted by Gasteiger charge is -2.26. The maximum absolute atomic E-state index is 11.4. The third-order valence-corrected chi connectivity index (χ3v) is 3.05. The maximum Gasteiger partial charge on any atom is 0.244 e. The minimum atomic E-state index is -0.679. The molecule has 0 radical (unpaired) electrons. The monoisotopic (exact) mass is 225 g/mol. The smallest absolute Gasteiger partial charge is 0.244 e. The predicted molar refractivity (Wildman–Crippen MR) is 65.1 cm³/mol. The van der Waals surface area contributed by atoms with E-state index < -0.39 is 5.60 Å². The molecule has 1 rings (SSSR count). The van der Waals surface area contributed by atoms with Crippen molar-refractivity contribution in [2.75, 3.05) is 6.54 Å². The van der Waals surface area contributed by atoms with E-state index in [1.54, 1.807) is 6.08 Å². The summed E-state index contributed by atoms with van der Waals surface area (Å²) < 4.78 is 0. The van der Waals surface area contributed by atoms with Crippen LogP contribution in [-0.4, -0.2) is 23.2 Å². The number of nitrogens with one attached hydrogen (secondary N) is 1. The van der Waals surface area contributed by atoms with E-state index in [1.165, 1.54) is 12.8 Å². The SMILES string of the molecule is CC(C)=CC(=O)NCC1(O)CCCCCC1. The number of allylic oxidation sites excluding steroid dienone is 1. The van der Waals surface area contributed by atoms with Gasteiger partial charge in [0.05, 0.1) is 5.60 Å². The highest BCUT2D eigenvalue weighted by molar-refractivity contribution is 5.88. The third-order valence-electron chi connectivity index (χ3n) is 3.05. The fourth-order valence-electron chi connectivity index (χ4n) is 2.13. The van der Waals surface area contributed by atoms with Gasteiger partial charge in [0.2, 0.25) is 5.91 Å². The van der Waals surface area contributed by atoms with E-state index in [0.717, 1.165) is 31.3 Å². The molecule has 16 heavy (non-hydrogen) atoms. The fraction of sp³-hybridized carbons (Fsp3) is 0.769. The van der Waals surface area contributed by atoms with Crippen LogP contribution in [0.1, 0.15) is 52.4 Å². The van der Waals surface area contributed by atoms with Crippen molar-refractivity contribution in [1.82, 2.24) is 5.32 Å². The molecule has 3 heteroatoms. The Morgan fingerprint density at radius 2 is 1.81 bits per heavy atom. The van der Waals surface area contributed by atoms with Gasteiger partial charge in [0.1, 0.15) is 0 Å². The van der Waals surface area contributed by atoms with Crippen LogP contribution in [-0.2, 0) is 4.79 Å². The minimum Gasteiger partial charge on any atom is -0.388 e. The Hall–Kier alpha value is -0.830. The normalized spacial score (nSPS) is 19.7. The zero-order valence-electron chi connectivity index (χ0n) is 10.4. The molecule has 92 valence electrons. The lowest BCUT2D eigenvalue weighted by Crippen LogP contribution is -2.42. The van der Waals surface area contributed by atoms with Crippen molar-refractivity contribution in [1.29, 1.82) is 0 Å². The first-order valence-corrected chi connectivity index (χ1v) is 6.17. The molecular weight excluding hydrogens is 202 g/mol. The molecule has 3 nitrogen and oxygen atoms in total. The third kappa shape index (κ3) is 4.79. The molecule has 0 unspecified atom stereocenters. The molecule has 0 heterocycles. The number of carbonyl (C=O) groups is 1. The first-order valence-electron chi connectivity index (χ1n) is 6.17. The summed E-state index contributed by atoms with van der Waals surface area (Å²) in [6, 6.07) is 0. The van der Waals surface area contributed by atoms with Crippen LogP contribution in [0.4, 0.5) is 0 Å². The Morgan fingerprint density at radius 3 is 2.31 bits per heavy atom. The molecule has 0 spiro atoms. The topological polar surface area (TPSA) is 49.3 Å². The molecule has 0 aliphatic heterocycles. The van der Waals surface area contributed by atoms with E-state index in [9.17, 15) is 9.90 Å². The molecule has 1 saturated carbocycles. The standard InChI is InChI=1S/C13H23NO2/c1-11(2)9-12(15)14-10-13(16)7-5-3-4-6-8-13/h9,16H,3-8,10H2,1-2H3,(H,14,15). The van der Waals surface area contributed by atoms with Crippen LogP contribution in [0, 0.1) is 0 Å². The number of carbonyl (C=O) groups excluding carboxylic acids is 1. The van der Waals surface area contributed by atoms with Gasteiger partial charge in [0, 0.05) is 12.6 Å². The van der Waals surface area contributed by atoms with Crippen molar-refractivity contribution in [2.24, 2.45) is 0 Å². The van der Waals surface area contributed by atoms with Crippen LogP contribution in [0.3, 0.4) is 0 Å². The number of amides is 1. The second kappa shape index (κ2) is 6.04. The van der Waals surface area contributed by atoms with E-state index >= 15 is 0 Å². The van der Waals surface area contributed by atoms with Crippen LogP contribution in [0.5, 0.6) is 0 Å². The number of rotatable bonds is 3. The average molecular weight is 225 g/mol. The molecule has 0 saturated heterocycles. The molecule has 1 aliphatic rings. The predicted octanol–water partition coefficient (Wildman–Crippen LogP) is 2.15. The summed E-state index contributed by atoms with van der Waals surface area (Å²) >= 11 is 0. The van der Waals surface area contributed by atoms with Gasteiger partial charge in [-0.15, -0.1) is 0 Å². The molecular formula is C13H23NO2. The Labute approximate surface area is 97.9 Å². The first-order chi connectivity index (χ1) is 7.52. The van der Waals surface area contributed by atoms with Crippen LogP contribution in [0.2, 0.25) is 0 Å². The second-order valence-corrected chi connectivity index (χ2v) is 5.08. The zero-order chi connectivity index (χ0) is 12.0. The Balaban J connectivity index is 2.40. The summed E-state index contributed by atoms with van der Waals surface area (Å²) in [7, 11) is 0. The largest absolute Gasteiger partial charge is 0.388 e. The molecule has 0 aromatic heterocycles. The zero-order valence-corrected chi connectivity index (χ0v) is 10.4. The Kier molecular flexibility index (Phi) is 5.00. The van der Waals surface area contributed by atoms with Crippen molar-refractivity contribution >= 4 is 5.91 Å². The van der Waals surface area contributed by atoms with E-state index in [1.807, 2.05) is 13.8 Å². The highest BCUT2D eigenvalue weighted by Gasteiger charge is 2.27. The molecule has 0 aromatic rings. The van der Waals surface area contributed by atoms with Crippen molar-refractivity contribution in [3.8, 4) is 0 Å². The summed E-state index contributed by atoms with van der Waals surface area (Å²) in [5.74, 6) is -0.0994. The van der Waals surface area contributed by atoms with Crippen molar-refractivity contribution in [3.05, 3.63) is 11.6 Å². The van der Waals surface area contributed by atoms with Crippen LogP contribution < -0.4 is 5.32 Å². The molecule has 2 N–H and O–H groups in total. The summed E-state index contributed by atoms with van der Waals surface area (Å²) in [4.78, 5) is 11.4. The number of aliphatic hydroxyl groups is 1. The highest BCUT2D eigenvalue weighted by Crippen LogP contribution is 2.26. The van der Waals surface area contributed by atoms with Gasteiger partial charge in [0.25, 0.3) is 0 Å². The molecule has 0 aromatic carbocycles. The van der Waals surface area contributed by atoms with E-state index in [-0.39, 0.29) is 5.91 Å². The average Bonchev–Trinajstić information content (AvgIpc) is 2.40. The van der Waals surface area contributed by atoms with Gasteiger partial charge in [-0.3, -0.25) is 4.79 Å². The van der Waals surface area contributed by atoms with Gasteiger partial charge in [-0.2, -0.15) is 0 Å². The molecule has 0 bridgehead atoms. The number of hydrogen-bond acceptors (Lipinski definition) is 2. The van der Waals surface area contributed by atoms with Gasteiger partial charge in [0.15, 0.2) is 0 Å².